The summed E-state index contributed by atoms with van der Waals surface area (Å²) in [6.45, 7) is 4.55. The lowest BCUT2D eigenvalue weighted by Crippen LogP contribution is -2.21. The Bertz CT molecular complexity index is 266. The molecule has 0 amide bonds. The van der Waals surface area contributed by atoms with Gasteiger partial charge in [-0.3, -0.25) is 0 Å². The first-order valence-corrected chi connectivity index (χ1v) is 5.18. The highest BCUT2D eigenvalue weighted by Crippen LogP contribution is 2.27. The van der Waals surface area contributed by atoms with Crippen LogP contribution in [0.15, 0.2) is 16.7 Å². The standard InChI is InChI=1S/C11H19NO2/c1-3-8(7-12)11(13)9-5-6-14-10(9)4-2/h5-6,8,11,13H,3-4,7,12H2,1-2H3. The van der Waals surface area contributed by atoms with E-state index in [1.807, 2.05) is 19.9 Å². The Hall–Kier alpha value is -0.800. The molecular weight excluding hydrogens is 178 g/mol. The second-order valence-corrected chi connectivity index (χ2v) is 3.50. The molecule has 1 aromatic rings. The quantitative estimate of drug-likeness (QED) is 0.757. The van der Waals surface area contributed by atoms with Crippen molar-refractivity contribution in [2.24, 2.45) is 11.7 Å². The fraction of sp³-hybridized carbons (Fsp3) is 0.636. The van der Waals surface area contributed by atoms with Gasteiger partial charge in [0.2, 0.25) is 0 Å². The molecule has 80 valence electrons. The van der Waals surface area contributed by atoms with Crippen LogP contribution in [0.4, 0.5) is 0 Å². The lowest BCUT2D eigenvalue weighted by Gasteiger charge is -2.19. The van der Waals surface area contributed by atoms with E-state index in [1.165, 1.54) is 0 Å². The predicted molar refractivity (Wildman–Crippen MR) is 55.9 cm³/mol. The fourth-order valence-corrected chi connectivity index (χ4v) is 1.67. The Morgan fingerprint density at radius 1 is 1.50 bits per heavy atom. The van der Waals surface area contributed by atoms with Gasteiger partial charge in [-0.1, -0.05) is 13.8 Å². The predicted octanol–water partition coefficient (Wildman–Crippen LogP) is 1.86. The Kier molecular flexibility index (Phi) is 4.17. The van der Waals surface area contributed by atoms with Crippen LogP contribution in [-0.4, -0.2) is 11.7 Å². The zero-order valence-corrected chi connectivity index (χ0v) is 8.86. The highest BCUT2D eigenvalue weighted by Gasteiger charge is 2.21. The molecule has 0 aliphatic carbocycles. The molecule has 1 aromatic heterocycles. The third kappa shape index (κ3) is 2.16. The molecule has 14 heavy (non-hydrogen) atoms. The first kappa shape index (κ1) is 11.3. The van der Waals surface area contributed by atoms with Crippen molar-refractivity contribution in [1.82, 2.24) is 0 Å². The number of nitrogens with two attached hydrogens (primary N) is 1. The normalized spacial score (nSPS) is 15.4. The second-order valence-electron chi connectivity index (χ2n) is 3.50. The van der Waals surface area contributed by atoms with E-state index >= 15 is 0 Å². The van der Waals surface area contributed by atoms with Gasteiger partial charge in [-0.25, -0.2) is 0 Å². The fourth-order valence-electron chi connectivity index (χ4n) is 1.67. The molecule has 0 aliphatic heterocycles. The lowest BCUT2D eigenvalue weighted by atomic mass is 9.93. The molecule has 0 radical (unpaired) electrons. The van der Waals surface area contributed by atoms with Crippen LogP contribution in [-0.2, 0) is 6.42 Å². The Morgan fingerprint density at radius 3 is 2.71 bits per heavy atom. The van der Waals surface area contributed by atoms with Crippen molar-refractivity contribution in [3.05, 3.63) is 23.7 Å². The Labute approximate surface area is 84.9 Å². The molecule has 0 aliphatic rings. The number of rotatable bonds is 5. The third-order valence-electron chi connectivity index (χ3n) is 2.69. The van der Waals surface area contributed by atoms with E-state index < -0.39 is 6.10 Å². The average Bonchev–Trinajstić information content (AvgIpc) is 2.67. The number of aliphatic hydroxyl groups is 1. The Balaban J connectivity index is 2.81. The molecule has 3 nitrogen and oxygen atoms in total. The van der Waals surface area contributed by atoms with E-state index in [-0.39, 0.29) is 5.92 Å². The van der Waals surface area contributed by atoms with Gasteiger partial charge < -0.3 is 15.3 Å². The maximum atomic E-state index is 10.0. The first-order valence-electron chi connectivity index (χ1n) is 5.18. The smallest absolute Gasteiger partial charge is 0.109 e. The highest BCUT2D eigenvalue weighted by molar-refractivity contribution is 5.20. The maximum absolute atomic E-state index is 10.0. The van der Waals surface area contributed by atoms with E-state index in [4.69, 9.17) is 10.2 Å². The number of aryl methyl sites for hydroxylation is 1. The SMILES string of the molecule is CCc1occc1C(O)C(CC)CN. The second kappa shape index (κ2) is 5.17. The molecule has 0 saturated heterocycles. The number of furan rings is 1. The van der Waals surface area contributed by atoms with Crippen molar-refractivity contribution in [1.29, 1.82) is 0 Å². The molecule has 0 fully saturated rings. The third-order valence-corrected chi connectivity index (χ3v) is 2.69. The largest absolute Gasteiger partial charge is 0.469 e. The lowest BCUT2D eigenvalue weighted by molar-refractivity contribution is 0.108. The Morgan fingerprint density at radius 2 is 2.21 bits per heavy atom. The van der Waals surface area contributed by atoms with Gasteiger partial charge in [0.15, 0.2) is 0 Å². The highest BCUT2D eigenvalue weighted by atomic mass is 16.3. The molecule has 1 heterocycles. The van der Waals surface area contributed by atoms with Gasteiger partial charge in [0, 0.05) is 17.9 Å². The van der Waals surface area contributed by atoms with Crippen LogP contribution in [0.25, 0.3) is 0 Å². The van der Waals surface area contributed by atoms with Crippen LogP contribution < -0.4 is 5.73 Å². The van der Waals surface area contributed by atoms with Crippen LogP contribution in [0, 0.1) is 5.92 Å². The van der Waals surface area contributed by atoms with Crippen molar-refractivity contribution in [2.45, 2.75) is 32.8 Å². The van der Waals surface area contributed by atoms with Crippen LogP contribution in [0.2, 0.25) is 0 Å². The van der Waals surface area contributed by atoms with Crippen molar-refractivity contribution < 1.29 is 9.52 Å². The van der Waals surface area contributed by atoms with Gasteiger partial charge in [0.1, 0.15) is 5.76 Å². The van der Waals surface area contributed by atoms with Gasteiger partial charge in [-0.15, -0.1) is 0 Å². The van der Waals surface area contributed by atoms with Crippen LogP contribution in [0.5, 0.6) is 0 Å². The first-order chi connectivity index (χ1) is 6.74. The molecule has 2 atom stereocenters. The molecule has 1 rings (SSSR count). The molecule has 0 aromatic carbocycles. The summed E-state index contributed by atoms with van der Waals surface area (Å²) in [7, 11) is 0. The molecule has 0 bridgehead atoms. The van der Waals surface area contributed by atoms with Gasteiger partial charge in [-0.05, 0) is 19.0 Å². The van der Waals surface area contributed by atoms with Crippen molar-refractivity contribution in [3.8, 4) is 0 Å². The maximum Gasteiger partial charge on any atom is 0.109 e. The van der Waals surface area contributed by atoms with E-state index in [0.29, 0.717) is 6.54 Å². The van der Waals surface area contributed by atoms with E-state index in [0.717, 1.165) is 24.2 Å². The molecule has 0 spiro atoms. The molecule has 3 heteroatoms. The summed E-state index contributed by atoms with van der Waals surface area (Å²) in [6, 6.07) is 1.84. The van der Waals surface area contributed by atoms with E-state index in [1.54, 1.807) is 6.26 Å². The summed E-state index contributed by atoms with van der Waals surface area (Å²) in [5.41, 5.74) is 6.48. The number of hydrogen-bond acceptors (Lipinski definition) is 3. The van der Waals surface area contributed by atoms with Gasteiger partial charge in [-0.2, -0.15) is 0 Å². The van der Waals surface area contributed by atoms with Crippen molar-refractivity contribution >= 4 is 0 Å². The minimum atomic E-state index is -0.487. The monoisotopic (exact) mass is 197 g/mol. The minimum Gasteiger partial charge on any atom is -0.469 e. The summed E-state index contributed by atoms with van der Waals surface area (Å²) in [4.78, 5) is 0. The van der Waals surface area contributed by atoms with Crippen LogP contribution >= 0.6 is 0 Å². The van der Waals surface area contributed by atoms with Gasteiger partial charge in [0.05, 0.1) is 12.4 Å². The summed E-state index contributed by atoms with van der Waals surface area (Å²) < 4.78 is 5.27. The summed E-state index contributed by atoms with van der Waals surface area (Å²) in [5.74, 6) is 0.988. The van der Waals surface area contributed by atoms with Crippen molar-refractivity contribution in [2.75, 3.05) is 6.54 Å². The van der Waals surface area contributed by atoms with Gasteiger partial charge in [0.25, 0.3) is 0 Å². The summed E-state index contributed by atoms with van der Waals surface area (Å²) >= 11 is 0. The van der Waals surface area contributed by atoms with Crippen LogP contribution in [0.3, 0.4) is 0 Å². The molecule has 0 saturated carbocycles. The molecule has 3 N–H and O–H groups in total. The number of aliphatic hydroxyl groups excluding tert-OH is 1. The number of hydrogen-bond donors (Lipinski definition) is 2. The van der Waals surface area contributed by atoms with Gasteiger partial charge >= 0.3 is 0 Å². The zero-order valence-electron chi connectivity index (χ0n) is 8.86. The minimum absolute atomic E-state index is 0.123. The molecule has 2 unspecified atom stereocenters. The average molecular weight is 197 g/mol. The van der Waals surface area contributed by atoms with E-state index in [9.17, 15) is 5.11 Å². The van der Waals surface area contributed by atoms with E-state index in [2.05, 4.69) is 0 Å². The summed E-state index contributed by atoms with van der Waals surface area (Å²) in [5, 5.41) is 10.0. The summed E-state index contributed by atoms with van der Waals surface area (Å²) in [6.07, 6.45) is 2.83. The van der Waals surface area contributed by atoms with Crippen molar-refractivity contribution in [3.63, 3.8) is 0 Å². The topological polar surface area (TPSA) is 59.4 Å². The van der Waals surface area contributed by atoms with Crippen LogP contribution in [0.1, 0.15) is 37.7 Å². The zero-order chi connectivity index (χ0) is 10.6. The molecular formula is C11H19NO2.